The first-order valence-corrected chi connectivity index (χ1v) is 17.8. The quantitative estimate of drug-likeness (QED) is 0.0536. The van der Waals surface area contributed by atoms with Gasteiger partial charge in [-0.25, -0.2) is 4.79 Å². The summed E-state index contributed by atoms with van der Waals surface area (Å²) in [5.74, 6) is -0.208. The van der Waals surface area contributed by atoms with E-state index in [0.717, 1.165) is 32.0 Å². The van der Waals surface area contributed by atoms with Crippen molar-refractivity contribution in [2.24, 2.45) is 0 Å². The van der Waals surface area contributed by atoms with E-state index in [2.05, 4.69) is 19.2 Å². The molecule has 43 heavy (non-hydrogen) atoms. The average molecular weight is 614 g/mol. The number of nitrogens with one attached hydrogen (secondary N) is 1. The first-order valence-electron chi connectivity index (χ1n) is 17.8. The topological polar surface area (TPSA) is 90.9 Å². The predicted octanol–water partition coefficient (Wildman–Crippen LogP) is 10.3. The van der Waals surface area contributed by atoms with Gasteiger partial charge >= 0.3 is 12.1 Å². The van der Waals surface area contributed by atoms with Crippen molar-refractivity contribution in [3.8, 4) is 0 Å². The molecule has 0 unspecified atom stereocenters. The van der Waals surface area contributed by atoms with E-state index in [4.69, 9.17) is 14.2 Å². The van der Waals surface area contributed by atoms with E-state index in [1.165, 1.54) is 123 Å². The highest BCUT2D eigenvalue weighted by Gasteiger charge is 2.18. The van der Waals surface area contributed by atoms with Crippen LogP contribution in [0.1, 0.15) is 182 Å². The van der Waals surface area contributed by atoms with Crippen LogP contribution in [-0.4, -0.2) is 50.3 Å². The van der Waals surface area contributed by atoms with Crippen molar-refractivity contribution in [2.45, 2.75) is 194 Å². The van der Waals surface area contributed by atoms with E-state index in [1.54, 1.807) is 20.8 Å². The van der Waals surface area contributed by atoms with E-state index in [9.17, 15) is 14.4 Å². The van der Waals surface area contributed by atoms with Gasteiger partial charge in [0.15, 0.2) is 0 Å². The largest absolute Gasteiger partial charge is 0.463 e. The van der Waals surface area contributed by atoms with Crippen molar-refractivity contribution >= 4 is 18.3 Å². The van der Waals surface area contributed by atoms with Gasteiger partial charge in [0.2, 0.25) is 0 Å². The van der Waals surface area contributed by atoms with Gasteiger partial charge in [-0.2, -0.15) is 0 Å². The van der Waals surface area contributed by atoms with Gasteiger partial charge in [-0.05, 0) is 33.6 Å². The van der Waals surface area contributed by atoms with Gasteiger partial charge in [0.05, 0.1) is 6.54 Å². The molecule has 0 spiro atoms. The summed E-state index contributed by atoms with van der Waals surface area (Å²) in [5.41, 5.74) is -0.548. The van der Waals surface area contributed by atoms with Gasteiger partial charge in [0.25, 0.3) is 0 Å². The second-order valence-electron chi connectivity index (χ2n) is 12.8. The lowest BCUT2D eigenvalue weighted by molar-refractivity contribution is -0.147. The number of hydrogen-bond donors (Lipinski definition) is 1. The summed E-state index contributed by atoms with van der Waals surface area (Å²) in [4.78, 5) is 33.5. The molecule has 0 fully saturated rings. The van der Waals surface area contributed by atoms with Crippen LogP contribution < -0.4 is 5.32 Å². The summed E-state index contributed by atoms with van der Waals surface area (Å²) in [5, 5.41) is 2.63. The van der Waals surface area contributed by atoms with Crippen LogP contribution in [0.5, 0.6) is 0 Å². The fraction of sp³-hybridized carbons (Fsp3) is 0.917. The third-order valence-electron chi connectivity index (χ3n) is 7.30. The van der Waals surface area contributed by atoms with E-state index >= 15 is 0 Å². The summed E-state index contributed by atoms with van der Waals surface area (Å²) >= 11 is 0. The maximum atomic E-state index is 11.9. The van der Waals surface area contributed by atoms with Crippen LogP contribution in [0, 0.1) is 0 Å². The van der Waals surface area contributed by atoms with Crippen molar-refractivity contribution in [1.29, 1.82) is 0 Å². The van der Waals surface area contributed by atoms with E-state index < -0.39 is 11.7 Å². The standard InChI is InChI=1S/C23H45NO5.C13H26O/c1-6-7-8-9-10-11-12-13-14-15-16-17-21(25)28-19-20(27-5)18-24-22(26)29-23(2,3)4;1-2-3-4-5-6-7-8-9-10-11-12-13-14/h20H,6-19H2,1-5H3,(H,24,26);13H,2-12H2,1H3/t20-;/m1./s1. The molecule has 0 heterocycles. The molecule has 0 aliphatic carbocycles. The molecule has 1 N–H and O–H groups in total. The Hall–Kier alpha value is -1.63. The van der Waals surface area contributed by atoms with Crippen LogP contribution in [-0.2, 0) is 23.8 Å². The Kier molecular flexibility index (Phi) is 33.7. The first-order chi connectivity index (χ1) is 20.7. The third kappa shape index (κ3) is 38.3. The maximum absolute atomic E-state index is 11.9. The van der Waals surface area contributed by atoms with Crippen LogP contribution >= 0.6 is 0 Å². The Morgan fingerprint density at radius 2 is 1.09 bits per heavy atom. The maximum Gasteiger partial charge on any atom is 0.407 e. The Morgan fingerprint density at radius 1 is 0.674 bits per heavy atom. The summed E-state index contributed by atoms with van der Waals surface area (Å²) < 4.78 is 15.7. The number of hydrogen-bond acceptors (Lipinski definition) is 6. The van der Waals surface area contributed by atoms with Crippen LogP contribution in [0.25, 0.3) is 0 Å². The Morgan fingerprint density at radius 3 is 1.49 bits per heavy atom. The molecule has 0 aliphatic heterocycles. The van der Waals surface area contributed by atoms with E-state index in [-0.39, 0.29) is 25.2 Å². The minimum atomic E-state index is -0.548. The Labute approximate surface area is 266 Å². The van der Waals surface area contributed by atoms with Gasteiger partial charge in [-0.3, -0.25) is 4.79 Å². The number of unbranched alkanes of at least 4 members (excludes halogenated alkanes) is 20. The molecule has 0 saturated heterocycles. The molecule has 7 heteroatoms. The van der Waals surface area contributed by atoms with Crippen molar-refractivity contribution in [1.82, 2.24) is 5.32 Å². The van der Waals surface area contributed by atoms with E-state index in [1.807, 2.05) is 0 Å². The SMILES string of the molecule is CCCCCCCCCCCCC=O.CCCCCCCCCCCCCC(=O)OC[C@@H](CNC(=O)OC(C)(C)C)OC. The number of carbonyl (C=O) groups is 3. The van der Waals surface area contributed by atoms with Crippen LogP contribution in [0.2, 0.25) is 0 Å². The zero-order valence-electron chi connectivity index (χ0n) is 29.3. The summed E-state index contributed by atoms with van der Waals surface area (Å²) in [7, 11) is 1.53. The lowest BCUT2D eigenvalue weighted by Gasteiger charge is -2.21. The van der Waals surface area contributed by atoms with Gasteiger partial charge in [0, 0.05) is 20.0 Å². The number of aldehydes is 1. The smallest absolute Gasteiger partial charge is 0.407 e. The predicted molar refractivity (Wildman–Crippen MR) is 180 cm³/mol. The normalized spacial score (nSPS) is 11.8. The molecule has 7 nitrogen and oxygen atoms in total. The Bertz CT molecular complexity index is 619. The highest BCUT2D eigenvalue weighted by atomic mass is 16.6. The minimum absolute atomic E-state index is 0.128. The van der Waals surface area contributed by atoms with Crippen LogP contribution in [0.3, 0.4) is 0 Å². The van der Waals surface area contributed by atoms with Gasteiger partial charge in [-0.15, -0.1) is 0 Å². The number of amides is 1. The first kappa shape index (κ1) is 43.5. The Balaban J connectivity index is 0. The van der Waals surface area contributed by atoms with E-state index in [0.29, 0.717) is 6.42 Å². The number of methoxy groups -OCH3 is 1. The molecule has 0 rings (SSSR count). The number of alkyl carbamates (subject to hydrolysis) is 1. The van der Waals surface area contributed by atoms with Crippen molar-refractivity contribution in [2.75, 3.05) is 20.3 Å². The fourth-order valence-corrected chi connectivity index (χ4v) is 4.63. The third-order valence-corrected chi connectivity index (χ3v) is 7.30. The molecule has 1 amide bonds. The second kappa shape index (κ2) is 33.3. The molecule has 0 saturated carbocycles. The fourth-order valence-electron chi connectivity index (χ4n) is 4.63. The summed E-state index contributed by atoms with van der Waals surface area (Å²) in [6, 6.07) is 0. The number of carbonyl (C=O) groups excluding carboxylic acids is 3. The molecule has 0 aromatic carbocycles. The second-order valence-corrected chi connectivity index (χ2v) is 12.8. The van der Waals surface area contributed by atoms with Crippen molar-refractivity contribution in [3.63, 3.8) is 0 Å². The molecule has 0 radical (unpaired) electrons. The number of ether oxygens (including phenoxy) is 3. The van der Waals surface area contributed by atoms with Gasteiger partial charge in [-0.1, -0.05) is 136 Å². The average Bonchev–Trinajstić information content (AvgIpc) is 2.96. The highest BCUT2D eigenvalue weighted by molar-refractivity contribution is 5.69. The van der Waals surface area contributed by atoms with Crippen LogP contribution in [0.15, 0.2) is 0 Å². The molecule has 0 aromatic rings. The molecule has 1 atom stereocenters. The lowest BCUT2D eigenvalue weighted by Crippen LogP contribution is -2.39. The van der Waals surface area contributed by atoms with Crippen LogP contribution in [0.4, 0.5) is 4.79 Å². The zero-order valence-corrected chi connectivity index (χ0v) is 29.3. The molecule has 0 aromatic heterocycles. The summed E-state index contributed by atoms with van der Waals surface area (Å²) in [6.07, 6.45) is 28.5. The molecule has 0 aliphatic rings. The number of esters is 1. The number of rotatable bonds is 28. The van der Waals surface area contributed by atoms with Crippen molar-refractivity contribution in [3.05, 3.63) is 0 Å². The monoisotopic (exact) mass is 614 g/mol. The summed E-state index contributed by atoms with van der Waals surface area (Å²) in [6.45, 7) is 10.3. The van der Waals surface area contributed by atoms with Gasteiger partial charge < -0.3 is 24.3 Å². The molecule has 256 valence electrons. The van der Waals surface area contributed by atoms with Gasteiger partial charge in [0.1, 0.15) is 24.6 Å². The lowest BCUT2D eigenvalue weighted by atomic mass is 10.1. The molecular weight excluding hydrogens is 542 g/mol. The highest BCUT2D eigenvalue weighted by Crippen LogP contribution is 2.13. The molecular formula is C36H71NO6. The van der Waals surface area contributed by atoms with Crippen molar-refractivity contribution < 1.29 is 28.6 Å². The molecule has 0 bridgehead atoms. The zero-order chi connectivity index (χ0) is 32.4. The minimum Gasteiger partial charge on any atom is -0.463 e.